The van der Waals surface area contributed by atoms with Crippen LogP contribution in [0, 0.1) is 12.7 Å². The molecule has 0 radical (unpaired) electrons. The lowest BCUT2D eigenvalue weighted by molar-refractivity contribution is 0.384. The Morgan fingerprint density at radius 2 is 2.20 bits per heavy atom. The van der Waals surface area contributed by atoms with Gasteiger partial charge in [-0.2, -0.15) is 4.98 Å². The number of hydrogen-bond acceptors (Lipinski definition) is 2. The van der Waals surface area contributed by atoms with E-state index in [1.165, 1.54) is 19.2 Å². The van der Waals surface area contributed by atoms with Gasteiger partial charge in [0.25, 0.3) is 6.01 Å². The zero-order valence-corrected chi connectivity index (χ0v) is 8.54. The highest BCUT2D eigenvalue weighted by molar-refractivity contribution is 5.62. The summed E-state index contributed by atoms with van der Waals surface area (Å²) in [4.78, 5) is 7.15. The molecule has 0 unspecified atom stereocenters. The van der Waals surface area contributed by atoms with Crippen molar-refractivity contribution in [3.63, 3.8) is 0 Å². The highest BCUT2D eigenvalue weighted by Crippen LogP contribution is 2.23. The molecule has 0 saturated heterocycles. The van der Waals surface area contributed by atoms with Crippen LogP contribution in [0.1, 0.15) is 5.69 Å². The molecule has 0 aliphatic heterocycles. The van der Waals surface area contributed by atoms with Crippen LogP contribution >= 0.6 is 0 Å². The molecule has 78 valence electrons. The van der Waals surface area contributed by atoms with Crippen LogP contribution in [0.4, 0.5) is 4.39 Å². The Balaban J connectivity index is 2.48. The van der Waals surface area contributed by atoms with Crippen LogP contribution in [0.15, 0.2) is 24.3 Å². The van der Waals surface area contributed by atoms with E-state index in [0.29, 0.717) is 11.7 Å². The second-order valence-corrected chi connectivity index (χ2v) is 3.23. The molecular weight excluding hydrogens is 195 g/mol. The Bertz CT molecular complexity index is 479. The van der Waals surface area contributed by atoms with Crippen molar-refractivity contribution in [2.45, 2.75) is 6.92 Å². The van der Waals surface area contributed by atoms with Crippen molar-refractivity contribution in [2.75, 3.05) is 7.11 Å². The van der Waals surface area contributed by atoms with Crippen molar-refractivity contribution in [2.24, 2.45) is 0 Å². The van der Waals surface area contributed by atoms with Gasteiger partial charge in [0, 0.05) is 11.3 Å². The third-order valence-corrected chi connectivity index (χ3v) is 2.15. The lowest BCUT2D eigenvalue weighted by Gasteiger charge is -1.97. The number of aryl methyl sites for hydroxylation is 1. The van der Waals surface area contributed by atoms with Gasteiger partial charge in [-0.1, -0.05) is 12.1 Å². The smallest absolute Gasteiger partial charge is 0.294 e. The Labute approximate surface area is 86.9 Å². The van der Waals surface area contributed by atoms with E-state index in [1.807, 2.05) is 13.0 Å². The number of nitrogens with zero attached hydrogens (tertiary/aromatic N) is 1. The van der Waals surface area contributed by atoms with Gasteiger partial charge >= 0.3 is 0 Å². The number of H-pyrrole nitrogens is 1. The SMILES string of the molecule is COc1nc(-c2cccc(F)c2)c(C)[nH]1. The van der Waals surface area contributed by atoms with E-state index < -0.39 is 0 Å². The minimum atomic E-state index is -0.270. The molecule has 15 heavy (non-hydrogen) atoms. The Morgan fingerprint density at radius 3 is 2.80 bits per heavy atom. The van der Waals surface area contributed by atoms with Gasteiger partial charge in [-0.05, 0) is 19.1 Å². The lowest BCUT2D eigenvalue weighted by Crippen LogP contribution is -1.84. The molecule has 0 atom stereocenters. The minimum Gasteiger partial charge on any atom is -0.468 e. The van der Waals surface area contributed by atoms with E-state index in [4.69, 9.17) is 4.74 Å². The zero-order valence-electron chi connectivity index (χ0n) is 8.54. The summed E-state index contributed by atoms with van der Waals surface area (Å²) in [6.45, 7) is 1.87. The zero-order chi connectivity index (χ0) is 10.8. The summed E-state index contributed by atoms with van der Waals surface area (Å²) in [6, 6.07) is 6.76. The van der Waals surface area contributed by atoms with Crippen LogP contribution in [0.2, 0.25) is 0 Å². The maximum absolute atomic E-state index is 13.0. The minimum absolute atomic E-state index is 0.270. The number of methoxy groups -OCH3 is 1. The largest absolute Gasteiger partial charge is 0.468 e. The van der Waals surface area contributed by atoms with Crippen LogP contribution in [0.5, 0.6) is 6.01 Å². The molecule has 0 saturated carbocycles. The fraction of sp³-hybridized carbons (Fsp3) is 0.182. The number of nitrogens with one attached hydrogen (secondary N) is 1. The van der Waals surface area contributed by atoms with Gasteiger partial charge in [0.1, 0.15) is 5.82 Å². The first-order chi connectivity index (χ1) is 7.20. The molecule has 0 bridgehead atoms. The van der Waals surface area contributed by atoms with E-state index in [1.54, 1.807) is 6.07 Å². The molecule has 2 rings (SSSR count). The number of hydrogen-bond donors (Lipinski definition) is 1. The Kier molecular flexibility index (Phi) is 2.41. The average Bonchev–Trinajstić information content (AvgIpc) is 2.60. The number of aromatic nitrogens is 2. The summed E-state index contributed by atoms with van der Waals surface area (Å²) in [5.41, 5.74) is 2.32. The van der Waals surface area contributed by atoms with E-state index in [-0.39, 0.29) is 5.82 Å². The van der Waals surface area contributed by atoms with Crippen molar-refractivity contribution >= 4 is 0 Å². The number of halogens is 1. The molecule has 0 spiro atoms. The van der Waals surface area contributed by atoms with Gasteiger partial charge in [-0.3, -0.25) is 0 Å². The monoisotopic (exact) mass is 206 g/mol. The summed E-state index contributed by atoms with van der Waals surface area (Å²) >= 11 is 0. The van der Waals surface area contributed by atoms with Gasteiger partial charge in [-0.15, -0.1) is 0 Å². The molecule has 0 aliphatic rings. The van der Waals surface area contributed by atoms with Crippen molar-refractivity contribution < 1.29 is 9.13 Å². The van der Waals surface area contributed by atoms with Crippen LogP contribution in [-0.4, -0.2) is 17.1 Å². The molecule has 1 aromatic carbocycles. The van der Waals surface area contributed by atoms with Crippen molar-refractivity contribution in [1.82, 2.24) is 9.97 Å². The summed E-state index contributed by atoms with van der Waals surface area (Å²) in [6.07, 6.45) is 0. The Hall–Kier alpha value is -1.84. The predicted octanol–water partition coefficient (Wildman–Crippen LogP) is 2.53. The van der Waals surface area contributed by atoms with Gasteiger partial charge in [0.2, 0.25) is 0 Å². The Morgan fingerprint density at radius 1 is 1.40 bits per heavy atom. The molecule has 1 aromatic heterocycles. The predicted molar refractivity (Wildman–Crippen MR) is 55.3 cm³/mol. The van der Waals surface area contributed by atoms with Crippen molar-refractivity contribution in [3.8, 4) is 17.3 Å². The second kappa shape index (κ2) is 3.73. The standard InChI is InChI=1S/C11H11FN2O/c1-7-10(14-11(13-7)15-2)8-4-3-5-9(12)6-8/h3-6H,1-2H3,(H,13,14). The molecule has 0 amide bonds. The molecule has 3 nitrogen and oxygen atoms in total. The van der Waals surface area contributed by atoms with Gasteiger partial charge in [0.15, 0.2) is 0 Å². The fourth-order valence-electron chi connectivity index (χ4n) is 1.45. The third-order valence-electron chi connectivity index (χ3n) is 2.15. The van der Waals surface area contributed by atoms with Crippen LogP contribution in [0.25, 0.3) is 11.3 Å². The van der Waals surface area contributed by atoms with E-state index in [2.05, 4.69) is 9.97 Å². The normalized spacial score (nSPS) is 10.3. The third kappa shape index (κ3) is 1.83. The molecule has 1 N–H and O–H groups in total. The fourth-order valence-corrected chi connectivity index (χ4v) is 1.45. The van der Waals surface area contributed by atoms with Gasteiger partial charge < -0.3 is 9.72 Å². The van der Waals surface area contributed by atoms with E-state index >= 15 is 0 Å². The summed E-state index contributed by atoms with van der Waals surface area (Å²) in [7, 11) is 1.54. The number of imidazole rings is 1. The second-order valence-electron chi connectivity index (χ2n) is 3.23. The highest BCUT2D eigenvalue weighted by atomic mass is 19.1. The molecule has 1 heterocycles. The summed E-state index contributed by atoms with van der Waals surface area (Å²) < 4.78 is 18.0. The van der Waals surface area contributed by atoms with E-state index in [0.717, 1.165) is 11.3 Å². The number of ether oxygens (including phenoxy) is 1. The topological polar surface area (TPSA) is 37.9 Å². The highest BCUT2D eigenvalue weighted by Gasteiger charge is 2.09. The number of rotatable bonds is 2. The number of aromatic amines is 1. The van der Waals surface area contributed by atoms with Crippen LogP contribution < -0.4 is 4.74 Å². The first-order valence-corrected chi connectivity index (χ1v) is 4.57. The van der Waals surface area contributed by atoms with Crippen LogP contribution in [-0.2, 0) is 0 Å². The maximum atomic E-state index is 13.0. The van der Waals surface area contributed by atoms with Gasteiger partial charge in [0.05, 0.1) is 12.8 Å². The van der Waals surface area contributed by atoms with Gasteiger partial charge in [-0.25, -0.2) is 4.39 Å². The molecule has 4 heteroatoms. The molecule has 0 aliphatic carbocycles. The van der Waals surface area contributed by atoms with Crippen LogP contribution in [0.3, 0.4) is 0 Å². The van der Waals surface area contributed by atoms with Crippen molar-refractivity contribution in [1.29, 1.82) is 0 Å². The van der Waals surface area contributed by atoms with E-state index in [9.17, 15) is 4.39 Å². The summed E-state index contributed by atoms with van der Waals surface area (Å²) in [5.74, 6) is -0.270. The molecular formula is C11H11FN2O. The average molecular weight is 206 g/mol. The summed E-state index contributed by atoms with van der Waals surface area (Å²) in [5, 5.41) is 0. The maximum Gasteiger partial charge on any atom is 0.294 e. The number of benzene rings is 1. The lowest BCUT2D eigenvalue weighted by atomic mass is 10.1. The molecule has 2 aromatic rings. The molecule has 0 fully saturated rings. The van der Waals surface area contributed by atoms with Crippen molar-refractivity contribution in [3.05, 3.63) is 35.8 Å². The quantitative estimate of drug-likeness (QED) is 0.819. The first-order valence-electron chi connectivity index (χ1n) is 4.57. The first kappa shape index (κ1) is 9.71.